The van der Waals surface area contributed by atoms with Gasteiger partial charge < -0.3 is 16.0 Å². The van der Waals surface area contributed by atoms with Crippen LogP contribution in [-0.4, -0.2) is 19.0 Å². The first-order chi connectivity index (χ1) is 11.5. The first-order valence-electron chi connectivity index (χ1n) is 8.57. The predicted octanol–water partition coefficient (Wildman–Crippen LogP) is 5.30. The molecule has 0 aliphatic rings. The summed E-state index contributed by atoms with van der Waals surface area (Å²) in [6.45, 7) is 8.30. The van der Waals surface area contributed by atoms with E-state index in [4.69, 9.17) is 5.73 Å². The molecule has 144 valence electrons. The van der Waals surface area contributed by atoms with Gasteiger partial charge in [0.2, 0.25) is 0 Å². The molecule has 26 heavy (non-hydrogen) atoms. The standard InChI is InChI=1S/C20H27N3O.2ClH/c1-4-6-13-23(5-2)18-11-8-16(9-12-18)20(24)22-19-14-17(21)10-7-15(19)3;;/h7-12,14H,4-6,13,21H2,1-3H3,(H,22,24);2*1H. The minimum Gasteiger partial charge on any atom is -0.399 e. The van der Waals surface area contributed by atoms with Crippen LogP contribution < -0.4 is 16.0 Å². The molecule has 0 aromatic heterocycles. The number of hydrogen-bond donors (Lipinski definition) is 2. The number of amides is 1. The van der Waals surface area contributed by atoms with Crippen molar-refractivity contribution in [2.75, 3.05) is 29.0 Å². The van der Waals surface area contributed by atoms with Crippen LogP contribution in [0.25, 0.3) is 0 Å². The largest absolute Gasteiger partial charge is 0.399 e. The van der Waals surface area contributed by atoms with Gasteiger partial charge in [-0.15, -0.1) is 24.8 Å². The Bertz CT molecular complexity index is 690. The Morgan fingerprint density at radius 1 is 1.08 bits per heavy atom. The molecule has 0 aliphatic carbocycles. The number of nitrogens with one attached hydrogen (secondary N) is 1. The molecule has 0 atom stereocenters. The van der Waals surface area contributed by atoms with E-state index in [9.17, 15) is 4.79 Å². The van der Waals surface area contributed by atoms with E-state index in [-0.39, 0.29) is 30.7 Å². The van der Waals surface area contributed by atoms with E-state index in [0.29, 0.717) is 11.3 Å². The van der Waals surface area contributed by atoms with Crippen molar-refractivity contribution in [1.82, 2.24) is 0 Å². The number of unbranched alkanes of at least 4 members (excludes halogenated alkanes) is 1. The van der Waals surface area contributed by atoms with E-state index >= 15 is 0 Å². The summed E-state index contributed by atoms with van der Waals surface area (Å²) in [6, 6.07) is 13.3. The summed E-state index contributed by atoms with van der Waals surface area (Å²) in [5.74, 6) is -0.119. The lowest BCUT2D eigenvalue weighted by molar-refractivity contribution is 0.102. The highest BCUT2D eigenvalue weighted by Crippen LogP contribution is 2.20. The average Bonchev–Trinajstić information content (AvgIpc) is 2.59. The number of carbonyl (C=O) groups excluding carboxylic acids is 1. The number of nitrogens with zero attached hydrogens (tertiary/aromatic N) is 1. The number of nitrogens with two attached hydrogens (primary N) is 1. The van der Waals surface area contributed by atoms with Gasteiger partial charge in [0, 0.05) is 35.7 Å². The number of halogens is 2. The van der Waals surface area contributed by atoms with Gasteiger partial charge in [-0.2, -0.15) is 0 Å². The molecule has 0 heterocycles. The first-order valence-corrected chi connectivity index (χ1v) is 8.57. The van der Waals surface area contributed by atoms with Gasteiger partial charge in [0.05, 0.1) is 0 Å². The summed E-state index contributed by atoms with van der Waals surface area (Å²) in [5.41, 5.74) is 9.98. The van der Waals surface area contributed by atoms with E-state index in [1.807, 2.05) is 43.3 Å². The maximum atomic E-state index is 12.4. The normalized spacial score (nSPS) is 9.65. The van der Waals surface area contributed by atoms with Gasteiger partial charge in [-0.1, -0.05) is 19.4 Å². The highest BCUT2D eigenvalue weighted by molar-refractivity contribution is 6.05. The zero-order valence-corrected chi connectivity index (χ0v) is 17.3. The lowest BCUT2D eigenvalue weighted by Crippen LogP contribution is -2.23. The zero-order chi connectivity index (χ0) is 17.5. The number of hydrogen-bond acceptors (Lipinski definition) is 3. The van der Waals surface area contributed by atoms with E-state index in [0.717, 1.165) is 30.0 Å². The second-order valence-electron chi connectivity index (χ2n) is 6.01. The third kappa shape index (κ3) is 6.43. The Balaban J connectivity index is 0.00000312. The Morgan fingerprint density at radius 2 is 1.73 bits per heavy atom. The van der Waals surface area contributed by atoms with Gasteiger partial charge in [0.15, 0.2) is 0 Å². The molecule has 0 radical (unpaired) electrons. The average molecular weight is 398 g/mol. The van der Waals surface area contributed by atoms with E-state index in [2.05, 4.69) is 24.1 Å². The fraction of sp³-hybridized carbons (Fsp3) is 0.350. The molecule has 1 amide bonds. The van der Waals surface area contributed by atoms with Crippen molar-refractivity contribution in [3.63, 3.8) is 0 Å². The summed E-state index contributed by atoms with van der Waals surface area (Å²) in [4.78, 5) is 14.8. The van der Waals surface area contributed by atoms with Gasteiger partial charge in [0.25, 0.3) is 5.91 Å². The molecule has 0 bridgehead atoms. The van der Waals surface area contributed by atoms with Crippen LogP contribution in [0.2, 0.25) is 0 Å². The summed E-state index contributed by atoms with van der Waals surface area (Å²) in [6.07, 6.45) is 2.35. The topological polar surface area (TPSA) is 58.4 Å². The van der Waals surface area contributed by atoms with Crippen molar-refractivity contribution in [2.24, 2.45) is 0 Å². The Morgan fingerprint density at radius 3 is 2.31 bits per heavy atom. The third-order valence-corrected chi connectivity index (χ3v) is 4.17. The monoisotopic (exact) mass is 397 g/mol. The van der Waals surface area contributed by atoms with Gasteiger partial charge in [-0.3, -0.25) is 4.79 Å². The SMILES string of the molecule is CCCCN(CC)c1ccc(C(=O)Nc2cc(N)ccc2C)cc1.Cl.Cl. The number of carbonyl (C=O) groups is 1. The van der Waals surface area contributed by atoms with Crippen molar-refractivity contribution in [2.45, 2.75) is 33.6 Å². The smallest absolute Gasteiger partial charge is 0.255 e. The van der Waals surface area contributed by atoms with Crippen LogP contribution in [0, 0.1) is 6.92 Å². The lowest BCUT2D eigenvalue weighted by Gasteiger charge is -2.23. The lowest BCUT2D eigenvalue weighted by atomic mass is 10.1. The molecule has 0 saturated heterocycles. The van der Waals surface area contributed by atoms with Crippen molar-refractivity contribution >= 4 is 47.8 Å². The number of aryl methyl sites for hydroxylation is 1. The minimum absolute atomic E-state index is 0. The fourth-order valence-corrected chi connectivity index (χ4v) is 2.61. The molecule has 2 aromatic carbocycles. The van der Waals surface area contributed by atoms with Crippen LogP contribution >= 0.6 is 24.8 Å². The van der Waals surface area contributed by atoms with Crippen LogP contribution in [0.5, 0.6) is 0 Å². The van der Waals surface area contributed by atoms with Crippen LogP contribution in [0.1, 0.15) is 42.6 Å². The molecule has 0 saturated carbocycles. The Kier molecular flexibility index (Phi) is 10.8. The molecular weight excluding hydrogens is 369 g/mol. The minimum atomic E-state index is -0.119. The van der Waals surface area contributed by atoms with Gasteiger partial charge in [-0.25, -0.2) is 0 Å². The molecule has 0 fully saturated rings. The zero-order valence-electron chi connectivity index (χ0n) is 15.6. The summed E-state index contributed by atoms with van der Waals surface area (Å²) in [7, 11) is 0. The van der Waals surface area contributed by atoms with E-state index < -0.39 is 0 Å². The fourth-order valence-electron chi connectivity index (χ4n) is 2.61. The van der Waals surface area contributed by atoms with Crippen LogP contribution in [0.3, 0.4) is 0 Å². The number of nitrogen functional groups attached to an aromatic ring is 1. The number of rotatable bonds is 7. The molecule has 4 nitrogen and oxygen atoms in total. The summed E-state index contributed by atoms with van der Waals surface area (Å²) in [5, 5.41) is 2.93. The molecule has 0 spiro atoms. The van der Waals surface area contributed by atoms with Gasteiger partial charge in [-0.05, 0) is 62.2 Å². The first kappa shape index (κ1) is 24.1. The highest BCUT2D eigenvalue weighted by atomic mass is 35.5. The maximum Gasteiger partial charge on any atom is 0.255 e. The van der Waals surface area contributed by atoms with Crippen molar-refractivity contribution < 1.29 is 4.79 Å². The van der Waals surface area contributed by atoms with E-state index in [1.165, 1.54) is 12.8 Å². The van der Waals surface area contributed by atoms with Crippen LogP contribution in [0.15, 0.2) is 42.5 Å². The third-order valence-electron chi connectivity index (χ3n) is 4.17. The van der Waals surface area contributed by atoms with Crippen LogP contribution in [-0.2, 0) is 0 Å². The van der Waals surface area contributed by atoms with E-state index in [1.54, 1.807) is 6.07 Å². The van der Waals surface area contributed by atoms with Gasteiger partial charge >= 0.3 is 0 Å². The van der Waals surface area contributed by atoms with Crippen LogP contribution in [0.4, 0.5) is 17.1 Å². The predicted molar refractivity (Wildman–Crippen MR) is 117 cm³/mol. The second-order valence-corrected chi connectivity index (χ2v) is 6.01. The Labute approximate surface area is 169 Å². The summed E-state index contributed by atoms with van der Waals surface area (Å²) >= 11 is 0. The molecule has 0 unspecified atom stereocenters. The second kappa shape index (κ2) is 11.7. The number of anilines is 3. The molecule has 0 aliphatic heterocycles. The van der Waals surface area contributed by atoms with Crippen molar-refractivity contribution in [3.8, 4) is 0 Å². The molecular formula is C20H29Cl2N3O. The molecule has 6 heteroatoms. The van der Waals surface area contributed by atoms with Crippen molar-refractivity contribution in [3.05, 3.63) is 53.6 Å². The van der Waals surface area contributed by atoms with Gasteiger partial charge in [0.1, 0.15) is 0 Å². The maximum absolute atomic E-state index is 12.4. The quantitative estimate of drug-likeness (QED) is 0.623. The molecule has 2 aromatic rings. The number of benzene rings is 2. The Hall–Kier alpha value is -1.91. The summed E-state index contributed by atoms with van der Waals surface area (Å²) < 4.78 is 0. The highest BCUT2D eigenvalue weighted by Gasteiger charge is 2.10. The van der Waals surface area contributed by atoms with Crippen molar-refractivity contribution in [1.29, 1.82) is 0 Å². The molecule has 2 rings (SSSR count). The molecule has 3 N–H and O–H groups in total.